The van der Waals surface area contributed by atoms with Crippen molar-refractivity contribution >= 4 is 11.8 Å². The van der Waals surface area contributed by atoms with Crippen LogP contribution in [0, 0.1) is 6.92 Å². The van der Waals surface area contributed by atoms with Crippen molar-refractivity contribution in [3.8, 4) is 0 Å². The second-order valence-corrected chi connectivity index (χ2v) is 4.10. The Balaban J connectivity index is 1.92. The molecule has 0 amide bonds. The number of aryl methyl sites for hydroxylation is 2. The lowest BCUT2D eigenvalue weighted by Crippen LogP contribution is -2.12. The second-order valence-electron chi connectivity index (χ2n) is 4.10. The molecular formula is C12H15N5O2. The number of carboxylic acids is 1. The molecule has 0 aliphatic heterocycles. The molecule has 100 valence electrons. The molecule has 2 N–H and O–H groups in total. The summed E-state index contributed by atoms with van der Waals surface area (Å²) >= 11 is 0. The van der Waals surface area contributed by atoms with E-state index < -0.39 is 5.97 Å². The summed E-state index contributed by atoms with van der Waals surface area (Å²) in [5.41, 5.74) is 0.921. The van der Waals surface area contributed by atoms with E-state index in [9.17, 15) is 4.79 Å². The summed E-state index contributed by atoms with van der Waals surface area (Å²) in [4.78, 5) is 15.2. The maximum Gasteiger partial charge on any atom is 0.339 e. The average molecular weight is 261 g/mol. The van der Waals surface area contributed by atoms with Crippen LogP contribution in [0.1, 0.15) is 22.3 Å². The first kappa shape index (κ1) is 13.0. The molecule has 0 bridgehead atoms. The summed E-state index contributed by atoms with van der Waals surface area (Å²) in [5.74, 6) is -0.560. The number of aromatic nitrogens is 4. The molecule has 7 nitrogen and oxygen atoms in total. The third kappa shape index (κ3) is 3.27. The van der Waals surface area contributed by atoms with Gasteiger partial charge in [0.15, 0.2) is 0 Å². The van der Waals surface area contributed by atoms with E-state index in [4.69, 9.17) is 5.11 Å². The van der Waals surface area contributed by atoms with Crippen LogP contribution in [0.25, 0.3) is 0 Å². The smallest absolute Gasteiger partial charge is 0.339 e. The van der Waals surface area contributed by atoms with Crippen LogP contribution in [0.15, 0.2) is 24.7 Å². The Morgan fingerprint density at radius 3 is 3.00 bits per heavy atom. The van der Waals surface area contributed by atoms with Crippen molar-refractivity contribution in [1.29, 1.82) is 0 Å². The van der Waals surface area contributed by atoms with Gasteiger partial charge in [-0.15, -0.1) is 5.10 Å². The molecule has 0 spiro atoms. The molecule has 0 saturated heterocycles. The van der Waals surface area contributed by atoms with Crippen molar-refractivity contribution in [3.05, 3.63) is 35.8 Å². The van der Waals surface area contributed by atoms with Crippen molar-refractivity contribution in [3.63, 3.8) is 0 Å². The van der Waals surface area contributed by atoms with Gasteiger partial charge in [-0.1, -0.05) is 5.21 Å². The normalized spacial score (nSPS) is 10.4. The van der Waals surface area contributed by atoms with E-state index in [1.165, 1.54) is 0 Å². The summed E-state index contributed by atoms with van der Waals surface area (Å²) in [5, 5.41) is 19.8. The Morgan fingerprint density at radius 1 is 1.47 bits per heavy atom. The van der Waals surface area contributed by atoms with E-state index in [1.54, 1.807) is 36.3 Å². The fourth-order valence-corrected chi connectivity index (χ4v) is 1.76. The SMILES string of the molecule is Cc1ccnc(NCCCn2ccnn2)c1C(=O)O. The highest BCUT2D eigenvalue weighted by atomic mass is 16.4. The van der Waals surface area contributed by atoms with Crippen LogP contribution >= 0.6 is 0 Å². The van der Waals surface area contributed by atoms with Gasteiger partial charge >= 0.3 is 5.97 Å². The number of carboxylic acid groups (broad SMARTS) is 1. The number of hydrogen-bond acceptors (Lipinski definition) is 5. The van der Waals surface area contributed by atoms with E-state index in [1.807, 2.05) is 0 Å². The summed E-state index contributed by atoms with van der Waals surface area (Å²) in [6.07, 6.45) is 5.81. The number of aromatic carboxylic acids is 1. The summed E-state index contributed by atoms with van der Waals surface area (Å²) < 4.78 is 1.73. The van der Waals surface area contributed by atoms with Gasteiger partial charge in [0.05, 0.1) is 6.20 Å². The molecule has 0 fully saturated rings. The predicted molar refractivity (Wildman–Crippen MR) is 69.1 cm³/mol. The van der Waals surface area contributed by atoms with Crippen LogP contribution in [0.2, 0.25) is 0 Å². The molecule has 7 heteroatoms. The topological polar surface area (TPSA) is 92.9 Å². The minimum atomic E-state index is -0.968. The Bertz CT molecular complexity index is 553. The standard InChI is InChI=1S/C12H15N5O2/c1-9-3-5-14-11(10(9)12(18)19)13-4-2-7-17-8-6-15-16-17/h3,5-6,8H,2,4,7H2,1H3,(H,13,14)(H,18,19). The Kier molecular flexibility index (Phi) is 4.07. The van der Waals surface area contributed by atoms with Crippen molar-refractivity contribution < 1.29 is 9.90 Å². The van der Waals surface area contributed by atoms with Gasteiger partial charge in [-0.05, 0) is 25.0 Å². The van der Waals surface area contributed by atoms with Gasteiger partial charge in [0.2, 0.25) is 0 Å². The van der Waals surface area contributed by atoms with Gasteiger partial charge in [-0.2, -0.15) is 0 Å². The third-order valence-corrected chi connectivity index (χ3v) is 2.70. The molecular weight excluding hydrogens is 246 g/mol. The first-order valence-corrected chi connectivity index (χ1v) is 5.95. The number of rotatable bonds is 6. The molecule has 2 aromatic rings. The first-order chi connectivity index (χ1) is 9.18. The summed E-state index contributed by atoms with van der Waals surface area (Å²) in [6, 6.07) is 1.68. The molecule has 2 heterocycles. The van der Waals surface area contributed by atoms with Crippen LogP contribution < -0.4 is 5.32 Å². The number of nitrogens with one attached hydrogen (secondary N) is 1. The van der Waals surface area contributed by atoms with Crippen molar-refractivity contribution in [2.45, 2.75) is 19.9 Å². The van der Waals surface area contributed by atoms with Crippen LogP contribution in [-0.4, -0.2) is 37.6 Å². The van der Waals surface area contributed by atoms with Gasteiger partial charge < -0.3 is 10.4 Å². The molecule has 0 atom stereocenters. The quantitative estimate of drug-likeness (QED) is 0.758. The Morgan fingerprint density at radius 2 is 2.32 bits per heavy atom. The monoisotopic (exact) mass is 261 g/mol. The van der Waals surface area contributed by atoms with Gasteiger partial charge in [-0.25, -0.2) is 9.78 Å². The van der Waals surface area contributed by atoms with Crippen molar-refractivity contribution in [1.82, 2.24) is 20.0 Å². The molecule has 0 saturated carbocycles. The number of carbonyl (C=O) groups is 1. The van der Waals surface area contributed by atoms with Crippen LogP contribution in [0.3, 0.4) is 0 Å². The highest BCUT2D eigenvalue weighted by molar-refractivity contribution is 5.94. The maximum atomic E-state index is 11.2. The lowest BCUT2D eigenvalue weighted by molar-refractivity contribution is 0.0697. The van der Waals surface area contributed by atoms with Crippen LogP contribution in [-0.2, 0) is 6.54 Å². The average Bonchev–Trinajstić information content (AvgIpc) is 2.87. The van der Waals surface area contributed by atoms with E-state index in [-0.39, 0.29) is 5.56 Å². The van der Waals surface area contributed by atoms with E-state index in [0.29, 0.717) is 17.9 Å². The molecule has 0 unspecified atom stereocenters. The van der Waals surface area contributed by atoms with Crippen LogP contribution in [0.4, 0.5) is 5.82 Å². The largest absolute Gasteiger partial charge is 0.478 e. The number of pyridine rings is 1. The number of hydrogen-bond donors (Lipinski definition) is 2. The zero-order chi connectivity index (χ0) is 13.7. The molecule has 19 heavy (non-hydrogen) atoms. The Hall–Kier alpha value is -2.44. The van der Waals surface area contributed by atoms with E-state index in [0.717, 1.165) is 13.0 Å². The molecule has 2 aromatic heterocycles. The molecule has 0 aliphatic rings. The second kappa shape index (κ2) is 5.94. The molecule has 2 rings (SSSR count). The summed E-state index contributed by atoms with van der Waals surface area (Å²) in [7, 11) is 0. The van der Waals surface area contributed by atoms with Crippen LogP contribution in [0.5, 0.6) is 0 Å². The number of nitrogens with zero attached hydrogens (tertiary/aromatic N) is 4. The molecule has 0 radical (unpaired) electrons. The summed E-state index contributed by atoms with van der Waals surface area (Å²) in [6.45, 7) is 3.10. The molecule has 0 aliphatic carbocycles. The minimum absolute atomic E-state index is 0.225. The zero-order valence-electron chi connectivity index (χ0n) is 10.6. The molecule has 0 aromatic carbocycles. The number of anilines is 1. The fraction of sp³-hybridized carbons (Fsp3) is 0.333. The van der Waals surface area contributed by atoms with E-state index in [2.05, 4.69) is 20.6 Å². The Labute approximate surface area is 110 Å². The van der Waals surface area contributed by atoms with Gasteiger partial charge in [-0.3, -0.25) is 4.68 Å². The van der Waals surface area contributed by atoms with Gasteiger partial charge in [0.1, 0.15) is 11.4 Å². The minimum Gasteiger partial charge on any atom is -0.478 e. The highest BCUT2D eigenvalue weighted by Crippen LogP contribution is 2.16. The zero-order valence-corrected chi connectivity index (χ0v) is 10.6. The van der Waals surface area contributed by atoms with Crippen molar-refractivity contribution in [2.24, 2.45) is 0 Å². The van der Waals surface area contributed by atoms with Gasteiger partial charge in [0.25, 0.3) is 0 Å². The van der Waals surface area contributed by atoms with Crippen molar-refractivity contribution in [2.75, 3.05) is 11.9 Å². The van der Waals surface area contributed by atoms with Gasteiger partial charge in [0, 0.05) is 25.5 Å². The lowest BCUT2D eigenvalue weighted by atomic mass is 10.1. The third-order valence-electron chi connectivity index (χ3n) is 2.70. The lowest BCUT2D eigenvalue weighted by Gasteiger charge is -2.10. The predicted octanol–water partition coefficient (Wildman–Crippen LogP) is 1.18. The van der Waals surface area contributed by atoms with E-state index >= 15 is 0 Å². The first-order valence-electron chi connectivity index (χ1n) is 5.95. The maximum absolute atomic E-state index is 11.2. The highest BCUT2D eigenvalue weighted by Gasteiger charge is 2.13. The fourth-order valence-electron chi connectivity index (χ4n) is 1.76.